The quantitative estimate of drug-likeness (QED) is 0.0373. The van der Waals surface area contributed by atoms with Crippen LogP contribution in [0.1, 0.15) is 438 Å². The van der Waals surface area contributed by atoms with E-state index in [9.17, 15) is 14.7 Å². The molecule has 84 heavy (non-hydrogen) atoms. The maximum atomic E-state index is 12.4. The lowest BCUT2D eigenvalue weighted by atomic mass is 10.0. The van der Waals surface area contributed by atoms with E-state index in [1.165, 1.54) is 372 Å². The first kappa shape index (κ1) is 82.1. The van der Waals surface area contributed by atoms with E-state index in [1.54, 1.807) is 0 Å². The van der Waals surface area contributed by atoms with E-state index < -0.39 is 6.10 Å². The summed E-state index contributed by atoms with van der Waals surface area (Å²) in [4.78, 5) is 24.7. The van der Waals surface area contributed by atoms with Crippen LogP contribution >= 0.6 is 0 Å². The van der Waals surface area contributed by atoms with E-state index in [4.69, 9.17) is 9.47 Å². The van der Waals surface area contributed by atoms with Crippen molar-refractivity contribution in [3.63, 3.8) is 0 Å². The molecule has 0 aliphatic rings. The van der Waals surface area contributed by atoms with Gasteiger partial charge in [-0.25, -0.2) is 0 Å². The molecule has 0 saturated carbocycles. The van der Waals surface area contributed by atoms with Crippen molar-refractivity contribution in [3.05, 3.63) is 36.5 Å². The van der Waals surface area contributed by atoms with E-state index in [-0.39, 0.29) is 25.2 Å². The molecule has 0 aromatic heterocycles. The number of carbonyl (C=O) groups is 2. The zero-order valence-electron chi connectivity index (χ0n) is 57.2. The van der Waals surface area contributed by atoms with Crippen molar-refractivity contribution in [1.82, 2.24) is 0 Å². The maximum Gasteiger partial charge on any atom is 0.306 e. The summed E-state index contributed by atoms with van der Waals surface area (Å²) in [7, 11) is 0. The molecule has 0 aliphatic carbocycles. The summed E-state index contributed by atoms with van der Waals surface area (Å²) >= 11 is 0. The molecule has 0 fully saturated rings. The highest BCUT2D eigenvalue weighted by atomic mass is 16.6. The number of allylic oxidation sites excluding steroid dienone is 6. The third-order valence-electron chi connectivity index (χ3n) is 17.9. The average molecular weight is 1180 g/mol. The molecule has 0 bridgehead atoms. The second kappa shape index (κ2) is 75.4. The molecule has 0 radical (unpaired) electrons. The molecule has 0 aromatic carbocycles. The standard InChI is InChI=1S/C79H150O5/c1-3-5-7-9-11-13-15-17-19-21-23-25-27-29-31-33-35-37-38-39-40-42-44-46-48-50-52-54-56-58-60-62-64-66-68-70-72-74-79(82)84-77(75-80)76-83-78(81)73-71-69-67-65-63-61-59-57-55-53-51-49-47-45-43-41-36-34-32-30-28-26-24-22-20-18-16-14-12-10-8-6-4-2/h15,17,21-24,77,80H,3-14,16,18-20,25-76H2,1-2H3/b17-15-,23-21-,24-22-. The first-order valence-corrected chi connectivity index (χ1v) is 38.5. The lowest BCUT2D eigenvalue weighted by molar-refractivity contribution is -0.161. The smallest absolute Gasteiger partial charge is 0.306 e. The molecule has 0 amide bonds. The predicted molar refractivity (Wildman–Crippen MR) is 371 cm³/mol. The van der Waals surface area contributed by atoms with Gasteiger partial charge in [0.1, 0.15) is 6.61 Å². The van der Waals surface area contributed by atoms with Crippen LogP contribution in [0.15, 0.2) is 36.5 Å². The molecular formula is C79H150O5. The van der Waals surface area contributed by atoms with Crippen LogP contribution < -0.4 is 0 Å². The van der Waals surface area contributed by atoms with Crippen molar-refractivity contribution >= 4 is 11.9 Å². The third kappa shape index (κ3) is 72.6. The highest BCUT2D eigenvalue weighted by Gasteiger charge is 2.16. The van der Waals surface area contributed by atoms with Gasteiger partial charge >= 0.3 is 11.9 Å². The van der Waals surface area contributed by atoms with Gasteiger partial charge in [0.25, 0.3) is 0 Å². The van der Waals surface area contributed by atoms with E-state index in [0.29, 0.717) is 12.8 Å². The Labute approximate surface area is 526 Å². The Bertz CT molecular complexity index is 1340. The number of ether oxygens (including phenoxy) is 2. The van der Waals surface area contributed by atoms with Gasteiger partial charge in [-0.3, -0.25) is 9.59 Å². The zero-order valence-corrected chi connectivity index (χ0v) is 57.2. The predicted octanol–water partition coefficient (Wildman–Crippen LogP) is 26.9. The second-order valence-corrected chi connectivity index (χ2v) is 26.4. The Kier molecular flexibility index (Phi) is 73.7. The van der Waals surface area contributed by atoms with Gasteiger partial charge in [0.2, 0.25) is 0 Å². The van der Waals surface area contributed by atoms with E-state index in [1.807, 2.05) is 0 Å². The van der Waals surface area contributed by atoms with Gasteiger partial charge in [-0.2, -0.15) is 0 Å². The highest BCUT2D eigenvalue weighted by Crippen LogP contribution is 2.20. The first-order chi connectivity index (χ1) is 41.6. The SMILES string of the molecule is CCCCCCC/C=C\C/C=C\CCCCCCCCCCCCCCCCCCCCCCCCCCCC(=O)OC(CO)COC(=O)CCCCCCCCCCCCCCCCCCCCCCC/C=C\CCCCCCCCCC. The fourth-order valence-electron chi connectivity index (χ4n) is 12.1. The number of esters is 2. The van der Waals surface area contributed by atoms with Gasteiger partial charge in [0.15, 0.2) is 6.10 Å². The molecule has 0 aliphatic heterocycles. The second-order valence-electron chi connectivity index (χ2n) is 26.4. The largest absolute Gasteiger partial charge is 0.462 e. The minimum absolute atomic E-state index is 0.0582. The minimum Gasteiger partial charge on any atom is -0.462 e. The molecule has 1 N–H and O–H groups in total. The molecular weight excluding hydrogens is 1030 g/mol. The van der Waals surface area contributed by atoms with Crippen LogP contribution in [-0.4, -0.2) is 36.4 Å². The Morgan fingerprint density at radius 3 is 0.714 bits per heavy atom. The summed E-state index contributed by atoms with van der Waals surface area (Å²) < 4.78 is 10.8. The summed E-state index contributed by atoms with van der Waals surface area (Å²) in [5.41, 5.74) is 0. The minimum atomic E-state index is -0.769. The van der Waals surface area contributed by atoms with E-state index in [2.05, 4.69) is 50.3 Å². The summed E-state index contributed by atoms with van der Waals surface area (Å²) in [6.45, 7) is 4.20. The van der Waals surface area contributed by atoms with Crippen LogP contribution in [0.25, 0.3) is 0 Å². The van der Waals surface area contributed by atoms with Crippen LogP contribution in [0, 0.1) is 0 Å². The Morgan fingerprint density at radius 1 is 0.274 bits per heavy atom. The van der Waals surface area contributed by atoms with Crippen LogP contribution in [0.2, 0.25) is 0 Å². The molecule has 0 saturated heterocycles. The fraction of sp³-hybridized carbons (Fsp3) is 0.899. The average Bonchev–Trinajstić information content (AvgIpc) is 3.51. The zero-order chi connectivity index (χ0) is 60.5. The van der Waals surface area contributed by atoms with Crippen LogP contribution in [0.5, 0.6) is 0 Å². The normalized spacial score (nSPS) is 12.3. The van der Waals surface area contributed by atoms with Gasteiger partial charge in [-0.05, 0) is 70.6 Å². The lowest BCUT2D eigenvalue weighted by Gasteiger charge is -2.15. The number of hydrogen-bond donors (Lipinski definition) is 1. The maximum absolute atomic E-state index is 12.4. The van der Waals surface area contributed by atoms with E-state index in [0.717, 1.165) is 38.5 Å². The number of carbonyl (C=O) groups excluding carboxylic acids is 2. The van der Waals surface area contributed by atoms with Gasteiger partial charge in [-0.1, -0.05) is 391 Å². The molecule has 0 spiro atoms. The molecule has 5 heteroatoms. The monoisotopic (exact) mass is 1180 g/mol. The van der Waals surface area contributed by atoms with Crippen molar-refractivity contribution in [1.29, 1.82) is 0 Å². The number of hydrogen-bond acceptors (Lipinski definition) is 5. The van der Waals surface area contributed by atoms with Crippen LogP contribution in [-0.2, 0) is 19.1 Å². The Balaban J connectivity index is 3.36. The lowest BCUT2D eigenvalue weighted by Crippen LogP contribution is -2.28. The van der Waals surface area contributed by atoms with Crippen LogP contribution in [0.4, 0.5) is 0 Å². The Morgan fingerprint density at radius 2 is 0.476 bits per heavy atom. The molecule has 1 unspecified atom stereocenters. The fourth-order valence-corrected chi connectivity index (χ4v) is 12.1. The van der Waals surface area contributed by atoms with Crippen molar-refractivity contribution in [3.8, 4) is 0 Å². The van der Waals surface area contributed by atoms with Gasteiger partial charge in [0.05, 0.1) is 6.61 Å². The number of aliphatic hydroxyl groups is 1. The molecule has 5 nitrogen and oxygen atoms in total. The van der Waals surface area contributed by atoms with Gasteiger partial charge < -0.3 is 14.6 Å². The number of unbranched alkanes of at least 4 members (excludes halogenated alkanes) is 59. The van der Waals surface area contributed by atoms with Crippen molar-refractivity contribution in [2.45, 2.75) is 444 Å². The van der Waals surface area contributed by atoms with Gasteiger partial charge in [-0.15, -0.1) is 0 Å². The van der Waals surface area contributed by atoms with Crippen LogP contribution in [0.3, 0.4) is 0 Å². The van der Waals surface area contributed by atoms with Gasteiger partial charge in [0, 0.05) is 12.8 Å². The summed E-state index contributed by atoms with van der Waals surface area (Å²) in [6.07, 6.45) is 101. The molecule has 496 valence electrons. The summed E-state index contributed by atoms with van der Waals surface area (Å²) in [5.74, 6) is -0.562. The third-order valence-corrected chi connectivity index (χ3v) is 17.9. The molecule has 0 aromatic rings. The van der Waals surface area contributed by atoms with Crippen molar-refractivity contribution < 1.29 is 24.2 Å². The summed E-state index contributed by atoms with van der Waals surface area (Å²) in [5, 5.41) is 9.72. The molecule has 0 heterocycles. The first-order valence-electron chi connectivity index (χ1n) is 38.5. The topological polar surface area (TPSA) is 72.8 Å². The number of rotatable bonds is 73. The summed E-state index contributed by atoms with van der Waals surface area (Å²) in [6, 6.07) is 0. The van der Waals surface area contributed by atoms with Crippen molar-refractivity contribution in [2.75, 3.05) is 13.2 Å². The Hall–Kier alpha value is -1.88. The number of aliphatic hydroxyl groups excluding tert-OH is 1. The molecule has 0 rings (SSSR count). The highest BCUT2D eigenvalue weighted by molar-refractivity contribution is 5.70. The molecule has 1 atom stereocenters. The van der Waals surface area contributed by atoms with E-state index >= 15 is 0 Å². The van der Waals surface area contributed by atoms with Crippen molar-refractivity contribution in [2.24, 2.45) is 0 Å².